The molecule has 0 saturated carbocycles. The van der Waals surface area contributed by atoms with Crippen LogP contribution in [0.1, 0.15) is 20.7 Å². The van der Waals surface area contributed by atoms with Crippen molar-refractivity contribution in [1.29, 1.82) is 0 Å². The fourth-order valence-electron chi connectivity index (χ4n) is 1.91. The van der Waals surface area contributed by atoms with Gasteiger partial charge in [0.05, 0.1) is 10.5 Å². The molecule has 0 unspecified atom stereocenters. The Morgan fingerprint density at radius 1 is 1.00 bits per heavy atom. The Labute approximate surface area is 144 Å². The third kappa shape index (κ3) is 3.82. The lowest BCUT2D eigenvalue weighted by Crippen LogP contribution is -2.23. The molecular weight excluding hydrogens is 380 g/mol. The van der Waals surface area contributed by atoms with Crippen molar-refractivity contribution in [3.8, 4) is 0 Å². The summed E-state index contributed by atoms with van der Waals surface area (Å²) >= 11 is 0. The van der Waals surface area contributed by atoms with Crippen molar-refractivity contribution in [3.63, 3.8) is 0 Å². The molecule has 2 rings (SSSR count). The Bertz CT molecular complexity index is 970. The van der Waals surface area contributed by atoms with Gasteiger partial charge in [-0.1, -0.05) is 0 Å². The molecule has 0 aromatic heterocycles. The first-order valence-electron chi connectivity index (χ1n) is 6.75. The summed E-state index contributed by atoms with van der Waals surface area (Å²) in [5.41, 5.74) is -1.09. The average Bonchev–Trinajstić information content (AvgIpc) is 2.55. The van der Waals surface area contributed by atoms with E-state index >= 15 is 0 Å². The van der Waals surface area contributed by atoms with E-state index in [-0.39, 0.29) is 11.3 Å². The standard InChI is InChI=1S/C15H10F4N2O4S/c16-12-6-3-9(7-11(12)13(20)22)21-14(23)8-1-4-10(5-2-8)26(24,25)15(17,18)19/h1-7H,(H2,20,22)(H,21,23). The molecule has 3 N–H and O–H groups in total. The highest BCUT2D eigenvalue weighted by Gasteiger charge is 2.46. The van der Waals surface area contributed by atoms with Gasteiger partial charge in [0.15, 0.2) is 0 Å². The zero-order valence-electron chi connectivity index (χ0n) is 12.7. The smallest absolute Gasteiger partial charge is 0.366 e. The third-order valence-corrected chi connectivity index (χ3v) is 4.72. The van der Waals surface area contributed by atoms with Crippen molar-refractivity contribution >= 4 is 27.3 Å². The highest BCUT2D eigenvalue weighted by Crippen LogP contribution is 2.30. The summed E-state index contributed by atoms with van der Waals surface area (Å²) in [6.07, 6.45) is 0. The second-order valence-electron chi connectivity index (χ2n) is 4.99. The highest BCUT2D eigenvalue weighted by atomic mass is 32.2. The van der Waals surface area contributed by atoms with Gasteiger partial charge in [-0.05, 0) is 42.5 Å². The number of amides is 2. The van der Waals surface area contributed by atoms with Gasteiger partial charge in [0.25, 0.3) is 21.7 Å². The number of primary amides is 1. The Hall–Kier alpha value is -2.95. The van der Waals surface area contributed by atoms with Crippen LogP contribution in [0.15, 0.2) is 47.4 Å². The van der Waals surface area contributed by atoms with Crippen LogP contribution in [0.3, 0.4) is 0 Å². The number of benzene rings is 2. The predicted molar refractivity (Wildman–Crippen MR) is 82.6 cm³/mol. The summed E-state index contributed by atoms with van der Waals surface area (Å²) in [6, 6.07) is 6.06. The SMILES string of the molecule is NC(=O)c1cc(NC(=O)c2ccc(S(=O)(=O)C(F)(F)F)cc2)ccc1F. The van der Waals surface area contributed by atoms with Gasteiger partial charge in [0, 0.05) is 11.3 Å². The number of hydrogen-bond acceptors (Lipinski definition) is 4. The number of carbonyl (C=O) groups excluding carboxylic acids is 2. The maximum absolute atomic E-state index is 13.4. The molecule has 2 amide bonds. The van der Waals surface area contributed by atoms with E-state index < -0.39 is 43.4 Å². The minimum atomic E-state index is -5.52. The minimum Gasteiger partial charge on any atom is -0.366 e. The monoisotopic (exact) mass is 390 g/mol. The lowest BCUT2D eigenvalue weighted by Gasteiger charge is -2.09. The Balaban J connectivity index is 2.24. The first-order valence-corrected chi connectivity index (χ1v) is 8.24. The van der Waals surface area contributed by atoms with Crippen molar-refractivity contribution in [2.24, 2.45) is 5.73 Å². The average molecular weight is 390 g/mol. The van der Waals surface area contributed by atoms with Gasteiger partial charge in [-0.2, -0.15) is 13.2 Å². The van der Waals surface area contributed by atoms with Gasteiger partial charge in [-0.15, -0.1) is 0 Å². The summed E-state index contributed by atoms with van der Waals surface area (Å²) < 4.78 is 73.3. The number of nitrogens with one attached hydrogen (secondary N) is 1. The summed E-state index contributed by atoms with van der Waals surface area (Å²) in [5.74, 6) is -2.76. The first-order chi connectivity index (χ1) is 11.9. The zero-order chi connectivity index (χ0) is 19.7. The van der Waals surface area contributed by atoms with Crippen molar-refractivity contribution in [2.75, 3.05) is 5.32 Å². The zero-order valence-corrected chi connectivity index (χ0v) is 13.5. The van der Waals surface area contributed by atoms with E-state index in [1.54, 1.807) is 0 Å². The van der Waals surface area contributed by atoms with Crippen LogP contribution in [0.25, 0.3) is 0 Å². The summed E-state index contributed by atoms with van der Waals surface area (Å²) in [4.78, 5) is 22.1. The number of sulfone groups is 1. The highest BCUT2D eigenvalue weighted by molar-refractivity contribution is 7.92. The quantitative estimate of drug-likeness (QED) is 0.782. The third-order valence-electron chi connectivity index (χ3n) is 3.22. The normalized spacial score (nSPS) is 11.8. The molecule has 0 spiro atoms. The molecule has 26 heavy (non-hydrogen) atoms. The van der Waals surface area contributed by atoms with Gasteiger partial charge >= 0.3 is 5.51 Å². The predicted octanol–water partition coefficient (Wildman–Crippen LogP) is 2.47. The van der Waals surface area contributed by atoms with E-state index in [2.05, 4.69) is 5.32 Å². The molecule has 0 atom stereocenters. The van der Waals surface area contributed by atoms with Crippen molar-refractivity contribution in [3.05, 3.63) is 59.4 Å². The topological polar surface area (TPSA) is 106 Å². The number of nitrogens with two attached hydrogens (primary N) is 1. The second-order valence-corrected chi connectivity index (χ2v) is 6.93. The van der Waals surface area contributed by atoms with Gasteiger partial charge in [-0.3, -0.25) is 9.59 Å². The number of hydrogen-bond donors (Lipinski definition) is 2. The molecule has 2 aromatic rings. The molecule has 0 saturated heterocycles. The minimum absolute atomic E-state index is 0.0113. The molecular formula is C15H10F4N2O4S. The number of halogens is 4. The van der Waals surface area contributed by atoms with Crippen LogP contribution in [0.5, 0.6) is 0 Å². The van der Waals surface area contributed by atoms with Crippen LogP contribution in [-0.2, 0) is 9.84 Å². The number of alkyl halides is 3. The van der Waals surface area contributed by atoms with Crippen LogP contribution < -0.4 is 11.1 Å². The molecule has 0 bridgehead atoms. The first kappa shape index (κ1) is 19.4. The number of anilines is 1. The van der Waals surface area contributed by atoms with Crippen LogP contribution in [0.2, 0.25) is 0 Å². The van der Waals surface area contributed by atoms with E-state index in [0.29, 0.717) is 12.1 Å². The number of carbonyl (C=O) groups is 2. The molecule has 0 aliphatic heterocycles. The fraction of sp³-hybridized carbons (Fsp3) is 0.0667. The molecule has 0 aliphatic rings. The second kappa shape index (κ2) is 6.75. The maximum Gasteiger partial charge on any atom is 0.501 e. The van der Waals surface area contributed by atoms with E-state index in [1.165, 1.54) is 0 Å². The Morgan fingerprint density at radius 3 is 2.08 bits per heavy atom. The maximum atomic E-state index is 13.4. The van der Waals surface area contributed by atoms with Gasteiger partial charge in [-0.25, -0.2) is 12.8 Å². The molecule has 138 valence electrons. The van der Waals surface area contributed by atoms with E-state index in [0.717, 1.165) is 30.3 Å². The molecule has 0 heterocycles. The van der Waals surface area contributed by atoms with Crippen LogP contribution >= 0.6 is 0 Å². The van der Waals surface area contributed by atoms with Gasteiger partial charge in [0.2, 0.25) is 0 Å². The van der Waals surface area contributed by atoms with Gasteiger partial charge in [0.1, 0.15) is 5.82 Å². The van der Waals surface area contributed by atoms with E-state index in [1.807, 2.05) is 0 Å². The summed E-state index contributed by atoms with van der Waals surface area (Å²) in [6.45, 7) is 0. The van der Waals surface area contributed by atoms with Crippen molar-refractivity contribution in [2.45, 2.75) is 10.4 Å². The molecule has 2 aromatic carbocycles. The molecule has 11 heteroatoms. The Morgan fingerprint density at radius 2 is 1.58 bits per heavy atom. The summed E-state index contributed by atoms with van der Waals surface area (Å²) in [5, 5.41) is 2.28. The van der Waals surface area contributed by atoms with Crippen molar-refractivity contribution < 1.29 is 35.6 Å². The van der Waals surface area contributed by atoms with E-state index in [4.69, 9.17) is 5.73 Å². The number of rotatable bonds is 4. The molecule has 0 aliphatic carbocycles. The summed E-state index contributed by atoms with van der Waals surface area (Å²) in [7, 11) is -5.52. The molecule has 6 nitrogen and oxygen atoms in total. The van der Waals surface area contributed by atoms with E-state index in [9.17, 15) is 35.6 Å². The lowest BCUT2D eigenvalue weighted by molar-refractivity contribution is -0.0436. The van der Waals surface area contributed by atoms with Crippen molar-refractivity contribution in [1.82, 2.24) is 0 Å². The van der Waals surface area contributed by atoms with Gasteiger partial charge < -0.3 is 11.1 Å². The molecule has 0 radical (unpaired) electrons. The van der Waals surface area contributed by atoms with Crippen LogP contribution in [0, 0.1) is 5.82 Å². The molecule has 0 fully saturated rings. The Kier molecular flexibility index (Phi) is 5.03. The fourth-order valence-corrected chi connectivity index (χ4v) is 2.68. The lowest BCUT2D eigenvalue weighted by atomic mass is 10.1. The van der Waals surface area contributed by atoms with Crippen LogP contribution in [0.4, 0.5) is 23.2 Å². The van der Waals surface area contributed by atoms with Crippen LogP contribution in [-0.4, -0.2) is 25.7 Å². The largest absolute Gasteiger partial charge is 0.501 e.